The second-order valence-corrected chi connectivity index (χ2v) is 4.59. The number of aromatic nitrogens is 2. The topological polar surface area (TPSA) is 63.8 Å². The minimum Gasteiger partial charge on any atom is -0.368 e. The molecule has 0 saturated heterocycles. The number of nitrogens with one attached hydrogen (secondary N) is 1. The summed E-state index contributed by atoms with van der Waals surface area (Å²) in [5.74, 6) is 1.10. The van der Waals surface area contributed by atoms with E-state index in [2.05, 4.69) is 39.6 Å². The van der Waals surface area contributed by atoms with Gasteiger partial charge in [0.05, 0.1) is 6.04 Å². The van der Waals surface area contributed by atoms with E-state index >= 15 is 0 Å². The SMILES string of the molecule is Nc1nccc(NC2CCCc3ccccc32)n1. The fourth-order valence-corrected chi connectivity index (χ4v) is 2.54. The molecule has 1 atom stereocenters. The van der Waals surface area contributed by atoms with Gasteiger partial charge < -0.3 is 11.1 Å². The predicted molar refractivity (Wildman–Crippen MR) is 72.2 cm³/mol. The number of hydrogen-bond acceptors (Lipinski definition) is 4. The zero-order chi connectivity index (χ0) is 12.4. The van der Waals surface area contributed by atoms with Crippen molar-refractivity contribution in [3.05, 3.63) is 47.7 Å². The third-order valence-electron chi connectivity index (χ3n) is 3.37. The molecule has 18 heavy (non-hydrogen) atoms. The van der Waals surface area contributed by atoms with Crippen molar-refractivity contribution in [2.24, 2.45) is 0 Å². The van der Waals surface area contributed by atoms with Gasteiger partial charge in [-0.3, -0.25) is 0 Å². The Bertz CT molecular complexity index is 553. The van der Waals surface area contributed by atoms with E-state index in [1.54, 1.807) is 6.20 Å². The molecule has 1 heterocycles. The summed E-state index contributed by atoms with van der Waals surface area (Å²) >= 11 is 0. The molecule has 1 aromatic carbocycles. The minimum atomic E-state index is 0.309. The first kappa shape index (κ1) is 11.0. The van der Waals surface area contributed by atoms with Crippen molar-refractivity contribution in [1.82, 2.24) is 9.97 Å². The molecule has 0 spiro atoms. The summed E-state index contributed by atoms with van der Waals surface area (Å²) in [6.07, 6.45) is 5.18. The number of nitrogen functional groups attached to an aromatic ring is 1. The maximum absolute atomic E-state index is 5.60. The molecule has 2 aromatic rings. The average molecular weight is 240 g/mol. The molecule has 4 nitrogen and oxygen atoms in total. The number of nitrogens with zero attached hydrogens (tertiary/aromatic N) is 2. The molecule has 1 unspecified atom stereocenters. The monoisotopic (exact) mass is 240 g/mol. The molecule has 0 radical (unpaired) electrons. The van der Waals surface area contributed by atoms with Crippen LogP contribution in [0.3, 0.4) is 0 Å². The number of aryl methyl sites for hydroxylation is 1. The Hall–Kier alpha value is -2.10. The number of benzene rings is 1. The lowest BCUT2D eigenvalue weighted by molar-refractivity contribution is 0.598. The molecule has 92 valence electrons. The maximum atomic E-state index is 5.60. The standard InChI is InChI=1S/C14H16N4/c15-14-16-9-8-13(18-14)17-12-7-3-5-10-4-1-2-6-11(10)12/h1-2,4,6,8-9,12H,3,5,7H2,(H3,15,16,17,18). The number of hydrogen-bond donors (Lipinski definition) is 2. The van der Waals surface area contributed by atoms with Crippen LogP contribution in [0.5, 0.6) is 0 Å². The van der Waals surface area contributed by atoms with Gasteiger partial charge in [-0.1, -0.05) is 24.3 Å². The molecule has 0 bridgehead atoms. The summed E-state index contributed by atoms with van der Waals surface area (Å²) in [6.45, 7) is 0. The van der Waals surface area contributed by atoms with Crippen molar-refractivity contribution < 1.29 is 0 Å². The maximum Gasteiger partial charge on any atom is 0.221 e. The van der Waals surface area contributed by atoms with Gasteiger partial charge in [0.1, 0.15) is 5.82 Å². The van der Waals surface area contributed by atoms with Crippen molar-refractivity contribution in [1.29, 1.82) is 0 Å². The number of nitrogens with two attached hydrogens (primary N) is 1. The second-order valence-electron chi connectivity index (χ2n) is 4.59. The summed E-state index contributed by atoms with van der Waals surface area (Å²) in [7, 11) is 0. The highest BCUT2D eigenvalue weighted by Crippen LogP contribution is 2.31. The van der Waals surface area contributed by atoms with E-state index in [0.717, 1.165) is 12.2 Å². The molecule has 3 rings (SSSR count). The highest BCUT2D eigenvalue weighted by atomic mass is 15.1. The van der Waals surface area contributed by atoms with Crippen LogP contribution in [0.1, 0.15) is 30.0 Å². The average Bonchev–Trinajstić information content (AvgIpc) is 2.39. The highest BCUT2D eigenvalue weighted by Gasteiger charge is 2.19. The van der Waals surface area contributed by atoms with Crippen molar-refractivity contribution in [2.75, 3.05) is 11.1 Å². The summed E-state index contributed by atoms with van der Waals surface area (Å²) < 4.78 is 0. The lowest BCUT2D eigenvalue weighted by Gasteiger charge is -2.26. The van der Waals surface area contributed by atoms with Gasteiger partial charge in [-0.2, -0.15) is 4.98 Å². The van der Waals surface area contributed by atoms with Crippen molar-refractivity contribution in [3.8, 4) is 0 Å². The van der Waals surface area contributed by atoms with Crippen LogP contribution in [0.2, 0.25) is 0 Å². The number of anilines is 2. The van der Waals surface area contributed by atoms with Gasteiger partial charge in [0.15, 0.2) is 0 Å². The molecule has 0 fully saturated rings. The van der Waals surface area contributed by atoms with Gasteiger partial charge in [-0.05, 0) is 36.5 Å². The van der Waals surface area contributed by atoms with Crippen LogP contribution in [0, 0.1) is 0 Å². The quantitative estimate of drug-likeness (QED) is 0.846. The van der Waals surface area contributed by atoms with Crippen molar-refractivity contribution in [3.63, 3.8) is 0 Å². The van der Waals surface area contributed by atoms with Gasteiger partial charge in [0.25, 0.3) is 0 Å². The lowest BCUT2D eigenvalue weighted by atomic mass is 9.88. The molecule has 0 amide bonds. The van der Waals surface area contributed by atoms with Crippen LogP contribution in [0.15, 0.2) is 36.5 Å². The van der Waals surface area contributed by atoms with E-state index in [0.29, 0.717) is 12.0 Å². The largest absolute Gasteiger partial charge is 0.368 e. The zero-order valence-corrected chi connectivity index (χ0v) is 10.1. The van der Waals surface area contributed by atoms with E-state index in [1.165, 1.54) is 24.0 Å². The Labute approximate surface area is 106 Å². The molecule has 0 aliphatic heterocycles. The summed E-state index contributed by atoms with van der Waals surface area (Å²) in [5, 5.41) is 3.45. The van der Waals surface area contributed by atoms with Gasteiger partial charge >= 0.3 is 0 Å². The second kappa shape index (κ2) is 4.64. The van der Waals surface area contributed by atoms with Crippen LogP contribution in [0.25, 0.3) is 0 Å². The molecule has 4 heteroatoms. The third kappa shape index (κ3) is 2.14. The van der Waals surface area contributed by atoms with Gasteiger partial charge in [0.2, 0.25) is 5.95 Å². The van der Waals surface area contributed by atoms with Gasteiger partial charge in [0, 0.05) is 6.20 Å². The highest BCUT2D eigenvalue weighted by molar-refractivity contribution is 5.43. The molecule has 1 aliphatic rings. The van der Waals surface area contributed by atoms with E-state index in [4.69, 9.17) is 5.73 Å². The Balaban J connectivity index is 1.86. The summed E-state index contributed by atoms with van der Waals surface area (Å²) in [4.78, 5) is 8.10. The third-order valence-corrected chi connectivity index (χ3v) is 3.37. The van der Waals surface area contributed by atoms with Crippen LogP contribution in [-0.2, 0) is 6.42 Å². The summed E-state index contributed by atoms with van der Waals surface area (Å²) in [5.41, 5.74) is 8.41. The van der Waals surface area contributed by atoms with E-state index in [-0.39, 0.29) is 0 Å². The minimum absolute atomic E-state index is 0.309. The Kier molecular flexibility index (Phi) is 2.84. The fourth-order valence-electron chi connectivity index (χ4n) is 2.54. The Morgan fingerprint density at radius 1 is 1.22 bits per heavy atom. The summed E-state index contributed by atoms with van der Waals surface area (Å²) in [6, 6.07) is 10.8. The number of rotatable bonds is 2. The molecule has 1 aliphatic carbocycles. The lowest BCUT2D eigenvalue weighted by Crippen LogP contribution is -2.18. The van der Waals surface area contributed by atoms with E-state index in [1.807, 2.05) is 6.07 Å². The molecular weight excluding hydrogens is 224 g/mol. The smallest absolute Gasteiger partial charge is 0.221 e. The number of fused-ring (bicyclic) bond motifs is 1. The molecule has 3 N–H and O–H groups in total. The first-order valence-electron chi connectivity index (χ1n) is 6.26. The predicted octanol–water partition coefficient (Wildman–Crippen LogP) is 2.55. The fraction of sp³-hybridized carbons (Fsp3) is 0.286. The molecule has 0 saturated carbocycles. The van der Waals surface area contributed by atoms with Crippen LogP contribution in [-0.4, -0.2) is 9.97 Å². The Morgan fingerprint density at radius 3 is 3.00 bits per heavy atom. The van der Waals surface area contributed by atoms with Crippen molar-refractivity contribution in [2.45, 2.75) is 25.3 Å². The van der Waals surface area contributed by atoms with E-state index in [9.17, 15) is 0 Å². The van der Waals surface area contributed by atoms with E-state index < -0.39 is 0 Å². The van der Waals surface area contributed by atoms with Crippen LogP contribution in [0.4, 0.5) is 11.8 Å². The first-order valence-corrected chi connectivity index (χ1v) is 6.26. The van der Waals surface area contributed by atoms with Gasteiger partial charge in [-0.15, -0.1) is 0 Å². The van der Waals surface area contributed by atoms with Crippen LogP contribution >= 0.6 is 0 Å². The molecule has 1 aromatic heterocycles. The zero-order valence-electron chi connectivity index (χ0n) is 10.1. The normalized spacial score (nSPS) is 18.1. The first-order chi connectivity index (χ1) is 8.83. The molecular formula is C14H16N4. The van der Waals surface area contributed by atoms with Gasteiger partial charge in [-0.25, -0.2) is 4.98 Å². The Morgan fingerprint density at radius 2 is 2.11 bits per heavy atom. The van der Waals surface area contributed by atoms with Crippen LogP contribution < -0.4 is 11.1 Å². The van der Waals surface area contributed by atoms with Crippen molar-refractivity contribution >= 4 is 11.8 Å².